The van der Waals surface area contributed by atoms with Crippen LogP contribution in [0.3, 0.4) is 0 Å². The molecule has 0 saturated carbocycles. The third-order valence-corrected chi connectivity index (χ3v) is 4.59. The van der Waals surface area contributed by atoms with Gasteiger partial charge in [-0.3, -0.25) is 0 Å². The molecule has 0 amide bonds. The van der Waals surface area contributed by atoms with E-state index in [2.05, 4.69) is 13.0 Å². The van der Waals surface area contributed by atoms with Crippen LogP contribution in [0, 0.1) is 0 Å². The second kappa shape index (κ2) is 6.31. The van der Waals surface area contributed by atoms with E-state index in [9.17, 15) is 0 Å². The van der Waals surface area contributed by atoms with Gasteiger partial charge in [-0.1, -0.05) is 25.1 Å². The van der Waals surface area contributed by atoms with Gasteiger partial charge in [-0.05, 0) is 31.1 Å². The van der Waals surface area contributed by atoms with Crippen LogP contribution in [-0.2, 0) is 0 Å². The summed E-state index contributed by atoms with van der Waals surface area (Å²) in [7, 11) is 0. The van der Waals surface area contributed by atoms with Crippen molar-refractivity contribution in [2.45, 2.75) is 37.5 Å². The molecule has 1 aromatic carbocycles. The van der Waals surface area contributed by atoms with E-state index >= 15 is 0 Å². The van der Waals surface area contributed by atoms with Crippen LogP contribution in [0.5, 0.6) is 5.75 Å². The van der Waals surface area contributed by atoms with Gasteiger partial charge in [-0.15, -0.1) is 0 Å². The zero-order valence-electron chi connectivity index (χ0n) is 10.4. The number of benzene rings is 1. The summed E-state index contributed by atoms with van der Waals surface area (Å²) in [5.41, 5.74) is 7.54. The molecular formula is C14H21NOS. The minimum absolute atomic E-state index is 0.107. The van der Waals surface area contributed by atoms with E-state index in [0.29, 0.717) is 5.25 Å². The molecule has 2 rings (SSSR count). The Hall–Kier alpha value is -0.670. The molecule has 2 unspecified atom stereocenters. The van der Waals surface area contributed by atoms with Crippen molar-refractivity contribution < 1.29 is 4.74 Å². The highest BCUT2D eigenvalue weighted by atomic mass is 32.2. The van der Waals surface area contributed by atoms with E-state index in [-0.39, 0.29) is 6.04 Å². The second-order valence-electron chi connectivity index (χ2n) is 4.46. The van der Waals surface area contributed by atoms with E-state index in [1.54, 1.807) is 0 Å². The van der Waals surface area contributed by atoms with Crippen LogP contribution < -0.4 is 10.5 Å². The van der Waals surface area contributed by atoms with Crippen molar-refractivity contribution >= 4 is 11.8 Å². The number of hydrogen-bond acceptors (Lipinski definition) is 3. The Kier molecular flexibility index (Phi) is 4.75. The quantitative estimate of drug-likeness (QED) is 0.871. The van der Waals surface area contributed by atoms with Gasteiger partial charge >= 0.3 is 0 Å². The molecule has 2 atom stereocenters. The second-order valence-corrected chi connectivity index (χ2v) is 5.81. The largest absolute Gasteiger partial charge is 0.493 e. The zero-order chi connectivity index (χ0) is 12.1. The van der Waals surface area contributed by atoms with Gasteiger partial charge in [-0.25, -0.2) is 0 Å². The summed E-state index contributed by atoms with van der Waals surface area (Å²) in [6.07, 6.45) is 3.55. The average molecular weight is 251 g/mol. The van der Waals surface area contributed by atoms with Gasteiger partial charge in [0.1, 0.15) is 5.75 Å². The lowest BCUT2D eigenvalue weighted by molar-refractivity contribution is 0.312. The monoisotopic (exact) mass is 251 g/mol. The maximum Gasteiger partial charge on any atom is 0.124 e. The van der Waals surface area contributed by atoms with Crippen molar-refractivity contribution in [1.29, 1.82) is 0 Å². The molecule has 1 aliphatic heterocycles. The van der Waals surface area contributed by atoms with E-state index in [1.807, 2.05) is 30.0 Å². The van der Waals surface area contributed by atoms with E-state index in [1.165, 1.54) is 24.2 Å². The highest BCUT2D eigenvalue weighted by Crippen LogP contribution is 2.37. The van der Waals surface area contributed by atoms with Gasteiger partial charge < -0.3 is 10.5 Å². The van der Waals surface area contributed by atoms with Crippen molar-refractivity contribution in [2.24, 2.45) is 5.73 Å². The van der Waals surface area contributed by atoms with Crippen LogP contribution in [0.1, 0.15) is 37.8 Å². The number of ether oxygens (including phenoxy) is 1. The first-order chi connectivity index (χ1) is 8.33. The minimum atomic E-state index is 0.107. The predicted octanol–water partition coefficient (Wildman–Crippen LogP) is 3.37. The Morgan fingerprint density at radius 1 is 1.47 bits per heavy atom. The summed E-state index contributed by atoms with van der Waals surface area (Å²) in [5.74, 6) is 2.21. The molecule has 1 aromatic rings. The Morgan fingerprint density at radius 2 is 2.29 bits per heavy atom. The SMILES string of the molecule is CCCOc1ccccc1C(N)C1CCCS1. The molecular weight excluding hydrogens is 230 g/mol. The van der Waals surface area contributed by atoms with Gasteiger partial charge in [0.15, 0.2) is 0 Å². The van der Waals surface area contributed by atoms with Crippen molar-refractivity contribution in [3.8, 4) is 5.75 Å². The Morgan fingerprint density at radius 3 is 3.00 bits per heavy atom. The van der Waals surface area contributed by atoms with E-state index in [0.717, 1.165) is 18.8 Å². The van der Waals surface area contributed by atoms with Crippen LogP contribution in [0.2, 0.25) is 0 Å². The van der Waals surface area contributed by atoms with Crippen LogP contribution in [0.25, 0.3) is 0 Å². The maximum atomic E-state index is 6.37. The molecule has 0 aromatic heterocycles. The maximum absolute atomic E-state index is 6.37. The number of nitrogens with two attached hydrogens (primary N) is 1. The molecule has 94 valence electrons. The van der Waals surface area contributed by atoms with Gasteiger partial charge in [0.2, 0.25) is 0 Å². The molecule has 17 heavy (non-hydrogen) atoms. The summed E-state index contributed by atoms with van der Waals surface area (Å²) in [6, 6.07) is 8.31. The number of hydrogen-bond donors (Lipinski definition) is 1. The molecule has 2 nitrogen and oxygen atoms in total. The van der Waals surface area contributed by atoms with Crippen LogP contribution in [-0.4, -0.2) is 17.6 Å². The lowest BCUT2D eigenvalue weighted by Gasteiger charge is -2.21. The molecule has 1 saturated heterocycles. The summed E-state index contributed by atoms with van der Waals surface area (Å²) in [4.78, 5) is 0. The first-order valence-corrected chi connectivity index (χ1v) is 7.46. The summed E-state index contributed by atoms with van der Waals surface area (Å²) < 4.78 is 5.78. The number of thioether (sulfide) groups is 1. The Balaban J connectivity index is 2.12. The van der Waals surface area contributed by atoms with E-state index in [4.69, 9.17) is 10.5 Å². The van der Waals surface area contributed by atoms with Crippen LogP contribution >= 0.6 is 11.8 Å². The molecule has 1 aliphatic rings. The molecule has 3 heteroatoms. The fourth-order valence-electron chi connectivity index (χ4n) is 2.19. The van der Waals surface area contributed by atoms with Gasteiger partial charge in [-0.2, -0.15) is 11.8 Å². The normalized spacial score (nSPS) is 21.4. The summed E-state index contributed by atoms with van der Waals surface area (Å²) >= 11 is 2.00. The summed E-state index contributed by atoms with van der Waals surface area (Å²) in [6.45, 7) is 2.89. The molecule has 1 fully saturated rings. The lowest BCUT2D eigenvalue weighted by atomic mass is 10.0. The fourth-order valence-corrected chi connectivity index (χ4v) is 3.51. The van der Waals surface area contributed by atoms with Gasteiger partial charge in [0, 0.05) is 16.9 Å². The molecule has 0 bridgehead atoms. The van der Waals surface area contributed by atoms with Crippen LogP contribution in [0.4, 0.5) is 0 Å². The standard InChI is InChI=1S/C14H21NOS/c1-2-9-16-12-7-4-3-6-11(12)14(15)13-8-5-10-17-13/h3-4,6-7,13-14H,2,5,8-10,15H2,1H3. The predicted molar refractivity (Wildman–Crippen MR) is 74.6 cm³/mol. The van der Waals surface area contributed by atoms with Crippen LogP contribution in [0.15, 0.2) is 24.3 Å². The van der Waals surface area contributed by atoms with Crippen molar-refractivity contribution in [3.05, 3.63) is 29.8 Å². The van der Waals surface area contributed by atoms with Crippen molar-refractivity contribution in [2.75, 3.05) is 12.4 Å². The van der Waals surface area contributed by atoms with Crippen molar-refractivity contribution in [1.82, 2.24) is 0 Å². The Bertz CT molecular complexity index is 350. The molecule has 1 heterocycles. The Labute approximate surface area is 108 Å². The minimum Gasteiger partial charge on any atom is -0.493 e. The third kappa shape index (κ3) is 3.17. The first kappa shape index (κ1) is 12.8. The third-order valence-electron chi connectivity index (χ3n) is 3.11. The van der Waals surface area contributed by atoms with Gasteiger partial charge in [0.25, 0.3) is 0 Å². The average Bonchev–Trinajstić information content (AvgIpc) is 2.89. The molecule has 0 radical (unpaired) electrons. The number of para-hydroxylation sites is 1. The number of rotatable bonds is 5. The molecule has 2 N–H and O–H groups in total. The first-order valence-electron chi connectivity index (χ1n) is 6.42. The molecule has 0 aliphatic carbocycles. The van der Waals surface area contributed by atoms with Crippen molar-refractivity contribution in [3.63, 3.8) is 0 Å². The molecule has 0 spiro atoms. The summed E-state index contributed by atoms with van der Waals surface area (Å²) in [5, 5.41) is 0.557. The smallest absolute Gasteiger partial charge is 0.124 e. The fraction of sp³-hybridized carbons (Fsp3) is 0.571. The zero-order valence-corrected chi connectivity index (χ0v) is 11.2. The topological polar surface area (TPSA) is 35.2 Å². The van der Waals surface area contributed by atoms with Gasteiger partial charge in [0.05, 0.1) is 6.61 Å². The highest BCUT2D eigenvalue weighted by molar-refractivity contribution is 8.00. The van der Waals surface area contributed by atoms with E-state index < -0.39 is 0 Å². The lowest BCUT2D eigenvalue weighted by Crippen LogP contribution is -2.22. The highest BCUT2D eigenvalue weighted by Gasteiger charge is 2.25.